The summed E-state index contributed by atoms with van der Waals surface area (Å²) in [6, 6.07) is -0.469. The van der Waals surface area contributed by atoms with Gasteiger partial charge in [-0.3, -0.25) is 4.79 Å². The molecule has 0 radical (unpaired) electrons. The van der Waals surface area contributed by atoms with Crippen LogP contribution < -0.4 is 5.73 Å². The Balaban J connectivity index is 4.01. The van der Waals surface area contributed by atoms with Crippen molar-refractivity contribution in [2.75, 3.05) is 40.5 Å². The van der Waals surface area contributed by atoms with Crippen molar-refractivity contribution in [3.8, 4) is 0 Å². The highest BCUT2D eigenvalue weighted by Crippen LogP contribution is 1.93. The molecule has 1 unspecified atom stereocenters. The first-order valence-electron chi connectivity index (χ1n) is 4.65. The van der Waals surface area contributed by atoms with Crippen molar-refractivity contribution in [3.05, 3.63) is 0 Å². The standard InChI is InChI=1S/C9H20N2O3/c1-8(10)9(12)11(4-6-13-2)5-7-14-3/h8H,4-7,10H2,1-3H3. The Kier molecular flexibility index (Phi) is 7.37. The highest BCUT2D eigenvalue weighted by atomic mass is 16.5. The van der Waals surface area contributed by atoms with Crippen molar-refractivity contribution in [1.82, 2.24) is 4.90 Å². The van der Waals surface area contributed by atoms with Crippen molar-refractivity contribution in [1.29, 1.82) is 0 Å². The van der Waals surface area contributed by atoms with Gasteiger partial charge in [-0.1, -0.05) is 0 Å². The van der Waals surface area contributed by atoms with Crippen LogP contribution in [-0.2, 0) is 14.3 Å². The molecular weight excluding hydrogens is 184 g/mol. The number of methoxy groups -OCH3 is 2. The number of nitrogens with two attached hydrogens (primary N) is 1. The van der Waals surface area contributed by atoms with E-state index in [1.54, 1.807) is 26.0 Å². The van der Waals surface area contributed by atoms with Crippen LogP contribution in [0, 0.1) is 0 Å². The summed E-state index contributed by atoms with van der Waals surface area (Å²) in [5, 5.41) is 0. The average molecular weight is 204 g/mol. The van der Waals surface area contributed by atoms with E-state index in [-0.39, 0.29) is 5.91 Å². The fourth-order valence-electron chi connectivity index (χ4n) is 1.02. The number of carbonyl (C=O) groups excluding carboxylic acids is 1. The number of rotatable bonds is 7. The van der Waals surface area contributed by atoms with E-state index < -0.39 is 6.04 Å². The zero-order chi connectivity index (χ0) is 11.0. The number of amides is 1. The molecule has 0 saturated carbocycles. The Morgan fingerprint density at radius 2 is 1.71 bits per heavy atom. The smallest absolute Gasteiger partial charge is 0.239 e. The fraction of sp³-hybridized carbons (Fsp3) is 0.889. The van der Waals surface area contributed by atoms with Gasteiger partial charge in [0.25, 0.3) is 0 Å². The van der Waals surface area contributed by atoms with Gasteiger partial charge < -0.3 is 20.1 Å². The van der Waals surface area contributed by atoms with Crippen molar-refractivity contribution < 1.29 is 14.3 Å². The Bertz CT molecular complexity index is 154. The fourth-order valence-corrected chi connectivity index (χ4v) is 1.02. The first-order valence-corrected chi connectivity index (χ1v) is 4.65. The third-order valence-electron chi connectivity index (χ3n) is 1.83. The molecule has 0 rings (SSSR count). The van der Waals surface area contributed by atoms with Gasteiger partial charge in [0.1, 0.15) is 0 Å². The maximum absolute atomic E-state index is 11.5. The molecule has 5 heteroatoms. The summed E-state index contributed by atoms with van der Waals surface area (Å²) in [5.41, 5.74) is 5.51. The molecule has 0 aliphatic heterocycles. The highest BCUT2D eigenvalue weighted by Gasteiger charge is 2.16. The van der Waals surface area contributed by atoms with Gasteiger partial charge in [-0.25, -0.2) is 0 Å². The van der Waals surface area contributed by atoms with Crippen LogP contribution in [0.25, 0.3) is 0 Å². The lowest BCUT2D eigenvalue weighted by atomic mass is 10.3. The van der Waals surface area contributed by atoms with E-state index in [9.17, 15) is 4.79 Å². The molecule has 0 aliphatic rings. The third kappa shape index (κ3) is 5.16. The minimum Gasteiger partial charge on any atom is -0.383 e. The summed E-state index contributed by atoms with van der Waals surface area (Å²) in [6.45, 7) is 3.82. The molecule has 0 aromatic carbocycles. The molecule has 0 aromatic heterocycles. The quantitative estimate of drug-likeness (QED) is 0.604. The lowest BCUT2D eigenvalue weighted by molar-refractivity contribution is -0.133. The summed E-state index contributed by atoms with van der Waals surface area (Å²) >= 11 is 0. The van der Waals surface area contributed by atoms with Crippen LogP contribution in [0.3, 0.4) is 0 Å². The lowest BCUT2D eigenvalue weighted by Gasteiger charge is -2.23. The molecule has 0 aliphatic carbocycles. The Labute approximate surface area is 85.1 Å². The van der Waals surface area contributed by atoms with Gasteiger partial charge >= 0.3 is 0 Å². The summed E-state index contributed by atoms with van der Waals surface area (Å²) in [4.78, 5) is 13.2. The monoisotopic (exact) mass is 204 g/mol. The molecule has 0 saturated heterocycles. The van der Waals surface area contributed by atoms with Gasteiger partial charge in [0.15, 0.2) is 0 Å². The highest BCUT2D eigenvalue weighted by molar-refractivity contribution is 5.81. The van der Waals surface area contributed by atoms with Gasteiger partial charge in [-0.2, -0.15) is 0 Å². The number of ether oxygens (including phenoxy) is 2. The second-order valence-electron chi connectivity index (χ2n) is 3.10. The molecule has 84 valence electrons. The largest absolute Gasteiger partial charge is 0.383 e. The van der Waals surface area contributed by atoms with Crippen LogP contribution in [0.15, 0.2) is 0 Å². The number of hydrogen-bond donors (Lipinski definition) is 1. The topological polar surface area (TPSA) is 64.8 Å². The third-order valence-corrected chi connectivity index (χ3v) is 1.83. The predicted octanol–water partition coefficient (Wildman–Crippen LogP) is -0.545. The summed E-state index contributed by atoms with van der Waals surface area (Å²) in [7, 11) is 3.20. The molecule has 0 fully saturated rings. The average Bonchev–Trinajstić information content (AvgIpc) is 2.17. The van der Waals surface area contributed by atoms with Crippen LogP contribution >= 0.6 is 0 Å². The van der Waals surface area contributed by atoms with Crippen molar-refractivity contribution in [2.24, 2.45) is 5.73 Å². The van der Waals surface area contributed by atoms with E-state index in [0.29, 0.717) is 26.3 Å². The van der Waals surface area contributed by atoms with Crippen molar-refractivity contribution in [3.63, 3.8) is 0 Å². The zero-order valence-corrected chi connectivity index (χ0v) is 9.16. The Morgan fingerprint density at radius 3 is 2.00 bits per heavy atom. The van der Waals surface area contributed by atoms with E-state index in [2.05, 4.69) is 0 Å². The minimum atomic E-state index is -0.469. The van der Waals surface area contributed by atoms with Gasteiger partial charge in [0.2, 0.25) is 5.91 Å². The van der Waals surface area contributed by atoms with E-state index >= 15 is 0 Å². The molecule has 1 amide bonds. The number of carbonyl (C=O) groups is 1. The molecule has 0 spiro atoms. The number of nitrogens with zero attached hydrogens (tertiary/aromatic N) is 1. The van der Waals surface area contributed by atoms with Crippen LogP contribution in [0.1, 0.15) is 6.92 Å². The molecule has 0 aromatic rings. The zero-order valence-electron chi connectivity index (χ0n) is 9.16. The van der Waals surface area contributed by atoms with Crippen LogP contribution in [0.5, 0.6) is 0 Å². The van der Waals surface area contributed by atoms with Crippen molar-refractivity contribution in [2.45, 2.75) is 13.0 Å². The summed E-state index contributed by atoms with van der Waals surface area (Å²) < 4.78 is 9.81. The Hall–Kier alpha value is -0.650. The molecule has 14 heavy (non-hydrogen) atoms. The van der Waals surface area contributed by atoms with Crippen LogP contribution in [-0.4, -0.2) is 57.4 Å². The predicted molar refractivity (Wildman–Crippen MR) is 54.0 cm³/mol. The van der Waals surface area contributed by atoms with Gasteiger partial charge in [0, 0.05) is 27.3 Å². The van der Waals surface area contributed by atoms with Crippen LogP contribution in [0.2, 0.25) is 0 Å². The molecule has 2 N–H and O–H groups in total. The second kappa shape index (κ2) is 7.73. The van der Waals surface area contributed by atoms with E-state index in [1.165, 1.54) is 0 Å². The molecule has 0 bridgehead atoms. The molecule has 1 atom stereocenters. The van der Waals surface area contributed by atoms with E-state index in [1.807, 2.05) is 0 Å². The first-order chi connectivity index (χ1) is 6.63. The maximum Gasteiger partial charge on any atom is 0.239 e. The van der Waals surface area contributed by atoms with Gasteiger partial charge in [0.05, 0.1) is 19.3 Å². The molecular formula is C9H20N2O3. The van der Waals surface area contributed by atoms with Gasteiger partial charge in [-0.15, -0.1) is 0 Å². The summed E-state index contributed by atoms with van der Waals surface area (Å²) in [6.07, 6.45) is 0. The summed E-state index contributed by atoms with van der Waals surface area (Å²) in [5.74, 6) is -0.0703. The van der Waals surface area contributed by atoms with Gasteiger partial charge in [-0.05, 0) is 6.92 Å². The van der Waals surface area contributed by atoms with Crippen molar-refractivity contribution >= 4 is 5.91 Å². The van der Waals surface area contributed by atoms with Crippen LogP contribution in [0.4, 0.5) is 0 Å². The normalized spacial score (nSPS) is 12.6. The molecule has 5 nitrogen and oxygen atoms in total. The second-order valence-corrected chi connectivity index (χ2v) is 3.10. The Morgan fingerprint density at radius 1 is 1.29 bits per heavy atom. The first kappa shape index (κ1) is 13.4. The minimum absolute atomic E-state index is 0.0703. The SMILES string of the molecule is COCCN(CCOC)C(=O)C(C)N. The maximum atomic E-state index is 11.5. The lowest BCUT2D eigenvalue weighted by Crippen LogP contribution is -2.44. The number of hydrogen-bond acceptors (Lipinski definition) is 4. The molecule has 0 heterocycles. The van der Waals surface area contributed by atoms with E-state index in [4.69, 9.17) is 15.2 Å². The van der Waals surface area contributed by atoms with E-state index in [0.717, 1.165) is 0 Å².